The summed E-state index contributed by atoms with van der Waals surface area (Å²) in [7, 11) is 0. The van der Waals surface area contributed by atoms with Crippen LogP contribution in [0, 0.1) is 17.3 Å². The predicted molar refractivity (Wildman–Crippen MR) is 63.1 cm³/mol. The number of nitrogens with zero attached hydrogens (tertiary/aromatic N) is 3. The van der Waals surface area contributed by atoms with E-state index in [1.54, 1.807) is 0 Å². The highest BCUT2D eigenvalue weighted by Gasteiger charge is 2.51. The van der Waals surface area contributed by atoms with Crippen LogP contribution in [0.3, 0.4) is 0 Å². The average molecular weight is 237 g/mol. The summed E-state index contributed by atoms with van der Waals surface area (Å²) in [4.78, 5) is 14.3. The van der Waals surface area contributed by atoms with E-state index in [2.05, 4.69) is 23.9 Å². The fraction of sp³-hybridized carbons (Fsp3) is 0.917. The fourth-order valence-corrected chi connectivity index (χ4v) is 3.27. The van der Waals surface area contributed by atoms with E-state index < -0.39 is 0 Å². The van der Waals surface area contributed by atoms with E-state index in [4.69, 9.17) is 10.3 Å². The molecule has 1 spiro atoms. The first-order valence-corrected chi connectivity index (χ1v) is 6.28. The monoisotopic (exact) mass is 237 g/mol. The summed E-state index contributed by atoms with van der Waals surface area (Å²) >= 11 is 0. The average Bonchev–Trinajstić information content (AvgIpc) is 2.58. The molecule has 4 atom stereocenters. The third kappa shape index (κ3) is 2.25. The van der Waals surface area contributed by atoms with Crippen LogP contribution in [0.1, 0.15) is 39.5 Å². The molecule has 94 valence electrons. The lowest BCUT2D eigenvalue weighted by molar-refractivity contribution is -0.141. The number of esters is 1. The van der Waals surface area contributed by atoms with E-state index in [1.807, 2.05) is 0 Å². The summed E-state index contributed by atoms with van der Waals surface area (Å²) in [6, 6.07) is 0. The minimum absolute atomic E-state index is 0.0722. The Labute approximate surface area is 101 Å². The van der Waals surface area contributed by atoms with Gasteiger partial charge in [0.2, 0.25) is 0 Å². The van der Waals surface area contributed by atoms with Crippen LogP contribution in [0.4, 0.5) is 0 Å². The van der Waals surface area contributed by atoms with Crippen LogP contribution in [0.2, 0.25) is 0 Å². The molecule has 0 bridgehead atoms. The van der Waals surface area contributed by atoms with Gasteiger partial charge in [0, 0.05) is 10.3 Å². The van der Waals surface area contributed by atoms with Crippen molar-refractivity contribution in [1.29, 1.82) is 0 Å². The largest absolute Gasteiger partial charge is 0.462 e. The van der Waals surface area contributed by atoms with Crippen LogP contribution in [-0.2, 0) is 9.53 Å². The first-order valence-electron chi connectivity index (χ1n) is 6.28. The highest BCUT2D eigenvalue weighted by molar-refractivity contribution is 5.73. The Hall–Kier alpha value is -1.22. The molecule has 1 heterocycles. The van der Waals surface area contributed by atoms with Crippen LogP contribution >= 0.6 is 0 Å². The number of ether oxygens (including phenoxy) is 1. The third-order valence-corrected chi connectivity index (χ3v) is 4.56. The Morgan fingerprint density at radius 1 is 1.53 bits per heavy atom. The molecule has 0 radical (unpaired) electrons. The Bertz CT molecular complexity index is 365. The molecule has 2 fully saturated rings. The molecular weight excluding hydrogens is 218 g/mol. The van der Waals surface area contributed by atoms with Crippen molar-refractivity contribution in [2.75, 3.05) is 6.54 Å². The van der Waals surface area contributed by atoms with Crippen molar-refractivity contribution in [3.8, 4) is 0 Å². The van der Waals surface area contributed by atoms with Crippen LogP contribution < -0.4 is 0 Å². The zero-order valence-corrected chi connectivity index (χ0v) is 10.4. The van der Waals surface area contributed by atoms with E-state index in [0.29, 0.717) is 18.3 Å². The summed E-state index contributed by atoms with van der Waals surface area (Å²) in [6.45, 7) is 4.78. The van der Waals surface area contributed by atoms with Crippen molar-refractivity contribution >= 4 is 5.97 Å². The highest BCUT2D eigenvalue weighted by atomic mass is 16.6. The van der Waals surface area contributed by atoms with Gasteiger partial charge in [-0.3, -0.25) is 4.79 Å². The van der Waals surface area contributed by atoms with Crippen LogP contribution in [0.5, 0.6) is 0 Å². The zero-order valence-electron chi connectivity index (χ0n) is 10.4. The van der Waals surface area contributed by atoms with Crippen molar-refractivity contribution in [2.24, 2.45) is 22.4 Å². The molecule has 0 aromatic carbocycles. The fourth-order valence-electron chi connectivity index (χ4n) is 3.27. The third-order valence-electron chi connectivity index (χ3n) is 4.56. The molecule has 0 aromatic heterocycles. The van der Waals surface area contributed by atoms with Crippen LogP contribution in [0.15, 0.2) is 5.11 Å². The molecule has 0 amide bonds. The number of hydrogen-bond donors (Lipinski definition) is 0. The number of cyclic esters (lactones) is 1. The van der Waals surface area contributed by atoms with Crippen LogP contribution in [-0.4, -0.2) is 18.6 Å². The number of rotatable bonds is 2. The van der Waals surface area contributed by atoms with Crippen LogP contribution in [0.25, 0.3) is 10.4 Å². The Kier molecular flexibility index (Phi) is 3.29. The molecular formula is C12H19N3O2. The maximum Gasteiger partial charge on any atom is 0.306 e. The lowest BCUT2D eigenvalue weighted by atomic mass is 9.63. The SMILES string of the molecule is CC1CCC2(CC(=O)OC2CN=[N+]=[N-])CC1C. The zero-order chi connectivity index (χ0) is 12.5. The van der Waals surface area contributed by atoms with Gasteiger partial charge in [-0.15, -0.1) is 0 Å². The van der Waals surface area contributed by atoms with E-state index >= 15 is 0 Å². The second-order valence-electron chi connectivity index (χ2n) is 5.63. The summed E-state index contributed by atoms with van der Waals surface area (Å²) in [6.07, 6.45) is 3.43. The molecule has 4 unspecified atom stereocenters. The number of carbonyl (C=O) groups is 1. The molecule has 1 saturated carbocycles. The minimum Gasteiger partial charge on any atom is -0.462 e. The minimum atomic E-state index is -0.208. The highest BCUT2D eigenvalue weighted by Crippen LogP contribution is 2.51. The van der Waals surface area contributed by atoms with E-state index in [-0.39, 0.29) is 24.0 Å². The first-order chi connectivity index (χ1) is 8.07. The van der Waals surface area contributed by atoms with Crippen molar-refractivity contribution in [3.63, 3.8) is 0 Å². The van der Waals surface area contributed by atoms with Gasteiger partial charge in [0.1, 0.15) is 6.10 Å². The van der Waals surface area contributed by atoms with Crippen molar-refractivity contribution < 1.29 is 9.53 Å². The molecule has 5 heteroatoms. The Morgan fingerprint density at radius 3 is 2.94 bits per heavy atom. The van der Waals surface area contributed by atoms with Gasteiger partial charge in [-0.25, -0.2) is 0 Å². The molecule has 0 N–H and O–H groups in total. The molecule has 5 nitrogen and oxygen atoms in total. The van der Waals surface area contributed by atoms with E-state index in [1.165, 1.54) is 0 Å². The number of hydrogen-bond acceptors (Lipinski definition) is 3. The molecule has 17 heavy (non-hydrogen) atoms. The summed E-state index contributed by atoms with van der Waals surface area (Å²) in [5, 5.41) is 3.59. The number of carbonyl (C=O) groups excluding carboxylic acids is 1. The van der Waals surface area contributed by atoms with Crippen molar-refractivity contribution in [2.45, 2.75) is 45.6 Å². The lowest BCUT2D eigenvalue weighted by Gasteiger charge is -2.41. The molecule has 1 aliphatic heterocycles. The van der Waals surface area contributed by atoms with E-state index in [9.17, 15) is 4.79 Å². The Morgan fingerprint density at radius 2 is 2.29 bits per heavy atom. The topological polar surface area (TPSA) is 75.1 Å². The van der Waals surface area contributed by atoms with Gasteiger partial charge in [0.15, 0.2) is 0 Å². The van der Waals surface area contributed by atoms with Crippen molar-refractivity contribution in [3.05, 3.63) is 10.4 Å². The van der Waals surface area contributed by atoms with Crippen molar-refractivity contribution in [1.82, 2.24) is 0 Å². The van der Waals surface area contributed by atoms with Gasteiger partial charge in [-0.2, -0.15) is 0 Å². The second-order valence-corrected chi connectivity index (χ2v) is 5.63. The van der Waals surface area contributed by atoms with Gasteiger partial charge in [0.25, 0.3) is 0 Å². The smallest absolute Gasteiger partial charge is 0.306 e. The van der Waals surface area contributed by atoms with Gasteiger partial charge < -0.3 is 4.74 Å². The summed E-state index contributed by atoms with van der Waals surface area (Å²) < 4.78 is 5.34. The molecule has 2 aliphatic rings. The maximum atomic E-state index is 11.5. The quantitative estimate of drug-likeness (QED) is 0.320. The molecule has 0 aromatic rings. The standard InChI is InChI=1S/C12H19N3O2/c1-8-3-4-12(5-9(8)2)6-11(16)17-10(12)7-14-15-13/h8-10H,3-7H2,1-2H3. The predicted octanol–water partition coefficient (Wildman–Crippen LogP) is 3.05. The lowest BCUT2D eigenvalue weighted by Crippen LogP contribution is -2.39. The Balaban J connectivity index is 2.15. The summed E-state index contributed by atoms with van der Waals surface area (Å²) in [5.41, 5.74) is 8.32. The summed E-state index contributed by atoms with van der Waals surface area (Å²) in [5.74, 6) is 1.17. The normalized spacial score (nSPS) is 41.1. The number of azide groups is 1. The van der Waals surface area contributed by atoms with Gasteiger partial charge in [-0.1, -0.05) is 19.0 Å². The maximum absolute atomic E-state index is 11.5. The van der Waals surface area contributed by atoms with E-state index in [0.717, 1.165) is 19.3 Å². The molecule has 1 saturated heterocycles. The first kappa shape index (κ1) is 12.2. The van der Waals surface area contributed by atoms with Gasteiger partial charge in [-0.05, 0) is 36.6 Å². The van der Waals surface area contributed by atoms with Gasteiger partial charge in [0.05, 0.1) is 13.0 Å². The molecule has 1 aliphatic carbocycles. The van der Waals surface area contributed by atoms with Gasteiger partial charge >= 0.3 is 5.97 Å². The molecule has 2 rings (SSSR count). The second kappa shape index (κ2) is 4.57.